The van der Waals surface area contributed by atoms with Crippen molar-refractivity contribution in [3.05, 3.63) is 34.3 Å². The van der Waals surface area contributed by atoms with Crippen molar-refractivity contribution in [2.24, 2.45) is 5.73 Å². The summed E-state index contributed by atoms with van der Waals surface area (Å²) in [6.07, 6.45) is 1.75. The highest BCUT2D eigenvalue weighted by Crippen LogP contribution is 2.17. The Bertz CT molecular complexity index is 447. The summed E-state index contributed by atoms with van der Waals surface area (Å²) in [5.74, 6) is -0.512. The lowest BCUT2D eigenvalue weighted by Gasteiger charge is -2.07. The second-order valence-electron chi connectivity index (χ2n) is 4.16. The molecule has 18 heavy (non-hydrogen) atoms. The van der Waals surface area contributed by atoms with Crippen LogP contribution < -0.4 is 11.1 Å². The fraction of sp³-hybridized carbons (Fsp3) is 0.385. The highest BCUT2D eigenvalue weighted by molar-refractivity contribution is 6.33. The van der Waals surface area contributed by atoms with Gasteiger partial charge in [-0.2, -0.15) is 0 Å². The van der Waals surface area contributed by atoms with Crippen molar-refractivity contribution >= 4 is 23.4 Å². The van der Waals surface area contributed by atoms with Crippen LogP contribution in [0.25, 0.3) is 0 Å². The van der Waals surface area contributed by atoms with E-state index >= 15 is 0 Å². The highest BCUT2D eigenvalue weighted by Gasteiger charge is 2.09. The number of carbonyl (C=O) groups excluding carboxylic acids is 2. The first kappa shape index (κ1) is 14.5. The Balaban J connectivity index is 2.39. The molecule has 0 bridgehead atoms. The van der Waals surface area contributed by atoms with Gasteiger partial charge in [-0.3, -0.25) is 9.59 Å². The third kappa shape index (κ3) is 4.75. The third-order valence-corrected chi connectivity index (χ3v) is 2.82. The average molecular weight is 269 g/mol. The number of halogens is 1. The van der Waals surface area contributed by atoms with Gasteiger partial charge in [-0.05, 0) is 37.5 Å². The number of carbonyl (C=O) groups is 2. The van der Waals surface area contributed by atoms with Crippen LogP contribution in [-0.2, 0) is 4.79 Å². The van der Waals surface area contributed by atoms with Crippen LogP contribution in [0.3, 0.4) is 0 Å². The predicted octanol–water partition coefficient (Wildman–Crippen LogP) is 2.03. The van der Waals surface area contributed by atoms with Gasteiger partial charge < -0.3 is 11.1 Å². The van der Waals surface area contributed by atoms with Gasteiger partial charge in [0.15, 0.2) is 0 Å². The number of nitrogens with two attached hydrogens (primary N) is 1. The molecule has 0 atom stereocenters. The second-order valence-corrected chi connectivity index (χ2v) is 4.57. The fourth-order valence-corrected chi connectivity index (χ4v) is 1.85. The topological polar surface area (TPSA) is 72.2 Å². The minimum absolute atomic E-state index is 0.195. The molecular formula is C13H17ClN2O2. The first-order chi connectivity index (χ1) is 8.50. The van der Waals surface area contributed by atoms with E-state index in [0.717, 1.165) is 12.0 Å². The normalized spacial score (nSPS) is 10.1. The molecule has 0 unspecified atom stereocenters. The van der Waals surface area contributed by atoms with Crippen molar-refractivity contribution in [3.8, 4) is 0 Å². The van der Waals surface area contributed by atoms with E-state index in [1.807, 2.05) is 13.0 Å². The van der Waals surface area contributed by atoms with Gasteiger partial charge in [0.25, 0.3) is 5.91 Å². The standard InChI is InChI=1S/C13H17ClN2O2/c1-9-5-6-10(11(14)8-9)13(18)16-7-3-2-4-12(15)17/h5-6,8H,2-4,7H2,1H3,(H2,15,17)(H,16,18). The number of nitrogens with one attached hydrogen (secondary N) is 1. The molecule has 0 fully saturated rings. The van der Waals surface area contributed by atoms with E-state index in [-0.39, 0.29) is 11.8 Å². The molecule has 0 saturated heterocycles. The number of aryl methyl sites for hydroxylation is 1. The van der Waals surface area contributed by atoms with E-state index in [9.17, 15) is 9.59 Å². The summed E-state index contributed by atoms with van der Waals surface area (Å²) in [5.41, 5.74) is 6.50. The maximum Gasteiger partial charge on any atom is 0.252 e. The van der Waals surface area contributed by atoms with E-state index in [1.54, 1.807) is 12.1 Å². The van der Waals surface area contributed by atoms with Crippen LogP contribution in [0.4, 0.5) is 0 Å². The van der Waals surface area contributed by atoms with Crippen molar-refractivity contribution in [2.75, 3.05) is 6.54 Å². The van der Waals surface area contributed by atoms with Crippen molar-refractivity contribution in [2.45, 2.75) is 26.2 Å². The molecule has 0 aliphatic carbocycles. The first-order valence-electron chi connectivity index (χ1n) is 5.83. The Morgan fingerprint density at radius 3 is 2.67 bits per heavy atom. The van der Waals surface area contributed by atoms with E-state index < -0.39 is 0 Å². The monoisotopic (exact) mass is 268 g/mol. The zero-order chi connectivity index (χ0) is 13.5. The number of hydrogen-bond acceptors (Lipinski definition) is 2. The van der Waals surface area contributed by atoms with Crippen LogP contribution in [0.1, 0.15) is 35.2 Å². The van der Waals surface area contributed by atoms with E-state index in [4.69, 9.17) is 17.3 Å². The molecule has 4 nitrogen and oxygen atoms in total. The smallest absolute Gasteiger partial charge is 0.252 e. The number of rotatable bonds is 6. The van der Waals surface area contributed by atoms with Gasteiger partial charge >= 0.3 is 0 Å². The first-order valence-corrected chi connectivity index (χ1v) is 6.21. The Morgan fingerprint density at radius 1 is 1.33 bits per heavy atom. The predicted molar refractivity (Wildman–Crippen MR) is 71.6 cm³/mol. The lowest BCUT2D eigenvalue weighted by atomic mass is 10.1. The number of benzene rings is 1. The molecule has 3 N–H and O–H groups in total. The molecule has 0 aromatic heterocycles. The van der Waals surface area contributed by atoms with Gasteiger partial charge in [-0.1, -0.05) is 17.7 Å². The Labute approximate surface area is 112 Å². The molecule has 0 spiro atoms. The van der Waals surface area contributed by atoms with Crippen LogP contribution in [-0.4, -0.2) is 18.4 Å². The quantitative estimate of drug-likeness (QED) is 0.775. The number of hydrogen-bond donors (Lipinski definition) is 2. The molecule has 0 heterocycles. The van der Waals surface area contributed by atoms with Crippen LogP contribution >= 0.6 is 11.6 Å². The van der Waals surface area contributed by atoms with Crippen molar-refractivity contribution < 1.29 is 9.59 Å². The minimum Gasteiger partial charge on any atom is -0.370 e. The van der Waals surface area contributed by atoms with Gasteiger partial charge in [0, 0.05) is 13.0 Å². The summed E-state index contributed by atoms with van der Waals surface area (Å²) >= 11 is 5.98. The second kappa shape index (κ2) is 7.01. The summed E-state index contributed by atoms with van der Waals surface area (Å²) in [6.45, 7) is 2.42. The molecule has 0 aliphatic heterocycles. The number of primary amides is 1. The van der Waals surface area contributed by atoms with Gasteiger partial charge in [-0.25, -0.2) is 0 Å². The van der Waals surface area contributed by atoms with Gasteiger partial charge in [-0.15, -0.1) is 0 Å². The maximum atomic E-state index is 11.8. The van der Waals surface area contributed by atoms with Gasteiger partial charge in [0.05, 0.1) is 10.6 Å². The highest BCUT2D eigenvalue weighted by atomic mass is 35.5. The van der Waals surface area contributed by atoms with Crippen LogP contribution in [0.2, 0.25) is 5.02 Å². The van der Waals surface area contributed by atoms with Crippen molar-refractivity contribution in [3.63, 3.8) is 0 Å². The molecule has 0 radical (unpaired) electrons. The molecule has 5 heteroatoms. The lowest BCUT2D eigenvalue weighted by molar-refractivity contribution is -0.118. The maximum absolute atomic E-state index is 11.8. The molecule has 1 aromatic carbocycles. The largest absolute Gasteiger partial charge is 0.370 e. The lowest BCUT2D eigenvalue weighted by Crippen LogP contribution is -2.25. The van der Waals surface area contributed by atoms with Crippen molar-refractivity contribution in [1.29, 1.82) is 0 Å². The Hall–Kier alpha value is -1.55. The van der Waals surface area contributed by atoms with E-state index in [1.165, 1.54) is 0 Å². The third-order valence-electron chi connectivity index (χ3n) is 2.50. The number of amides is 2. The van der Waals surface area contributed by atoms with Crippen molar-refractivity contribution in [1.82, 2.24) is 5.32 Å². The minimum atomic E-state index is -0.317. The van der Waals surface area contributed by atoms with Gasteiger partial charge in [0.1, 0.15) is 0 Å². The molecule has 98 valence electrons. The molecule has 0 aliphatic rings. The summed E-state index contributed by atoms with van der Waals surface area (Å²) in [5, 5.41) is 3.21. The fourth-order valence-electron chi connectivity index (χ4n) is 1.53. The zero-order valence-corrected chi connectivity index (χ0v) is 11.1. The SMILES string of the molecule is Cc1ccc(C(=O)NCCCCC(N)=O)c(Cl)c1. The summed E-state index contributed by atoms with van der Waals surface area (Å²) in [4.78, 5) is 22.3. The van der Waals surface area contributed by atoms with Gasteiger partial charge in [0.2, 0.25) is 5.91 Å². The summed E-state index contributed by atoms with van der Waals surface area (Å²) < 4.78 is 0. The Morgan fingerprint density at radius 2 is 2.06 bits per heavy atom. The zero-order valence-electron chi connectivity index (χ0n) is 10.3. The molecule has 1 rings (SSSR count). The summed E-state index contributed by atoms with van der Waals surface area (Å²) in [7, 11) is 0. The van der Waals surface area contributed by atoms with Crippen LogP contribution in [0.15, 0.2) is 18.2 Å². The molecular weight excluding hydrogens is 252 g/mol. The van der Waals surface area contributed by atoms with E-state index in [0.29, 0.717) is 30.0 Å². The molecule has 2 amide bonds. The molecule has 0 saturated carbocycles. The Kier molecular flexibility index (Phi) is 5.65. The molecule has 1 aromatic rings. The average Bonchev–Trinajstić information content (AvgIpc) is 2.27. The summed E-state index contributed by atoms with van der Waals surface area (Å²) in [6, 6.07) is 5.30. The number of unbranched alkanes of at least 4 members (excludes halogenated alkanes) is 1. The van der Waals surface area contributed by atoms with Crippen LogP contribution in [0, 0.1) is 6.92 Å². The van der Waals surface area contributed by atoms with E-state index in [2.05, 4.69) is 5.32 Å². The van der Waals surface area contributed by atoms with Crippen LogP contribution in [0.5, 0.6) is 0 Å².